The van der Waals surface area contributed by atoms with Crippen LogP contribution in [-0.4, -0.2) is 38.8 Å². The zero-order valence-electron chi connectivity index (χ0n) is 18.1. The number of carbonyl (C=O) groups excluding carboxylic acids is 1. The molecule has 162 valence electrons. The number of benzene rings is 3. The maximum absolute atomic E-state index is 14.1. The Balaban J connectivity index is 1.42. The van der Waals surface area contributed by atoms with Crippen LogP contribution in [-0.2, 0) is 13.1 Å². The molecule has 3 heterocycles. The van der Waals surface area contributed by atoms with E-state index in [1.165, 1.54) is 0 Å². The van der Waals surface area contributed by atoms with Gasteiger partial charge >= 0.3 is 0 Å². The minimum Gasteiger partial charge on any atom is -0.364 e. The van der Waals surface area contributed by atoms with Crippen LogP contribution in [0.3, 0.4) is 0 Å². The first-order valence-corrected chi connectivity index (χ1v) is 11.2. The standard InChI is InChI=1S/C27H23N5O/c33-27(26-21-8-2-4-10-23(21)30-24-11-5-3-9-22(24)26)32-14-13-31(17-20-15-28-18-29-20)25-12-6-1-7-19(25)16-32/h1-12,15,18H,13-14,16-17H2,(H,28,29). The number of hydrogen-bond acceptors (Lipinski definition) is 4. The minimum atomic E-state index is 0.0428. The van der Waals surface area contributed by atoms with Gasteiger partial charge in [0.25, 0.3) is 5.91 Å². The first kappa shape index (κ1) is 19.5. The second-order valence-corrected chi connectivity index (χ2v) is 8.36. The van der Waals surface area contributed by atoms with Crippen molar-refractivity contribution in [3.8, 4) is 0 Å². The van der Waals surface area contributed by atoms with Gasteiger partial charge in [-0.2, -0.15) is 0 Å². The second-order valence-electron chi connectivity index (χ2n) is 8.36. The normalized spacial score (nSPS) is 13.8. The highest BCUT2D eigenvalue weighted by atomic mass is 16.2. The molecule has 0 bridgehead atoms. The molecule has 0 unspecified atom stereocenters. The number of fused-ring (bicyclic) bond motifs is 3. The van der Waals surface area contributed by atoms with Crippen LogP contribution in [0.5, 0.6) is 0 Å². The Morgan fingerprint density at radius 2 is 1.58 bits per heavy atom. The van der Waals surface area contributed by atoms with E-state index in [9.17, 15) is 4.79 Å². The topological polar surface area (TPSA) is 65.1 Å². The van der Waals surface area contributed by atoms with Crippen LogP contribution in [0.1, 0.15) is 21.6 Å². The number of anilines is 1. The van der Waals surface area contributed by atoms with Gasteiger partial charge in [0.2, 0.25) is 0 Å². The molecule has 2 aromatic heterocycles. The van der Waals surface area contributed by atoms with Crippen molar-refractivity contribution in [2.75, 3.05) is 18.0 Å². The maximum atomic E-state index is 14.1. The van der Waals surface area contributed by atoms with E-state index in [4.69, 9.17) is 4.98 Å². The molecule has 6 nitrogen and oxygen atoms in total. The lowest BCUT2D eigenvalue weighted by atomic mass is 10.0. The summed E-state index contributed by atoms with van der Waals surface area (Å²) in [5.74, 6) is 0.0428. The Kier molecular flexibility index (Phi) is 4.76. The molecule has 0 radical (unpaired) electrons. The average Bonchev–Trinajstić information content (AvgIpc) is 3.30. The van der Waals surface area contributed by atoms with Crippen molar-refractivity contribution in [2.24, 2.45) is 0 Å². The quantitative estimate of drug-likeness (QED) is 0.416. The third-order valence-corrected chi connectivity index (χ3v) is 6.33. The van der Waals surface area contributed by atoms with E-state index in [2.05, 4.69) is 33.1 Å². The highest BCUT2D eigenvalue weighted by Gasteiger charge is 2.26. The summed E-state index contributed by atoms with van der Waals surface area (Å²) in [7, 11) is 0. The van der Waals surface area contributed by atoms with Crippen LogP contribution in [0.15, 0.2) is 85.3 Å². The van der Waals surface area contributed by atoms with Crippen LogP contribution in [0.25, 0.3) is 21.8 Å². The Morgan fingerprint density at radius 3 is 2.30 bits per heavy atom. The fraction of sp³-hybridized carbons (Fsp3) is 0.148. The van der Waals surface area contributed by atoms with Gasteiger partial charge in [0, 0.05) is 42.3 Å². The fourth-order valence-electron chi connectivity index (χ4n) is 4.74. The molecular formula is C27H23N5O. The summed E-state index contributed by atoms with van der Waals surface area (Å²) in [6.07, 6.45) is 3.63. The summed E-state index contributed by atoms with van der Waals surface area (Å²) in [6, 6.07) is 24.2. The van der Waals surface area contributed by atoms with Crippen LogP contribution in [0, 0.1) is 0 Å². The maximum Gasteiger partial charge on any atom is 0.255 e. The molecule has 0 spiro atoms. The van der Waals surface area contributed by atoms with Gasteiger partial charge in [0.1, 0.15) is 0 Å². The van der Waals surface area contributed by atoms with Crippen molar-refractivity contribution in [2.45, 2.75) is 13.1 Å². The Labute approximate surface area is 191 Å². The average molecular weight is 434 g/mol. The van der Waals surface area contributed by atoms with Crippen LogP contribution in [0.2, 0.25) is 0 Å². The van der Waals surface area contributed by atoms with Gasteiger partial charge in [-0.1, -0.05) is 54.6 Å². The molecule has 0 saturated heterocycles. The Hall–Kier alpha value is -4.19. The predicted octanol–water partition coefficient (Wildman–Crippen LogP) is 4.77. The lowest BCUT2D eigenvalue weighted by molar-refractivity contribution is 0.0755. The van der Waals surface area contributed by atoms with Crippen LogP contribution >= 0.6 is 0 Å². The van der Waals surface area contributed by atoms with Crippen molar-refractivity contribution in [1.29, 1.82) is 0 Å². The van der Waals surface area contributed by atoms with Crippen molar-refractivity contribution >= 4 is 33.4 Å². The Morgan fingerprint density at radius 1 is 0.879 bits per heavy atom. The SMILES string of the molecule is O=C(c1c2ccccc2nc2ccccc12)N1CCN(Cc2c[nH]cn2)c2ccccc2C1. The minimum absolute atomic E-state index is 0.0428. The van der Waals surface area contributed by atoms with E-state index in [0.717, 1.165) is 50.9 Å². The van der Waals surface area contributed by atoms with Gasteiger partial charge in [-0.05, 0) is 23.8 Å². The highest BCUT2D eigenvalue weighted by molar-refractivity contribution is 6.16. The molecule has 1 amide bonds. The zero-order valence-corrected chi connectivity index (χ0v) is 18.1. The van der Waals surface area contributed by atoms with E-state index in [0.29, 0.717) is 19.6 Å². The number of aromatic nitrogens is 3. The summed E-state index contributed by atoms with van der Waals surface area (Å²) >= 11 is 0. The number of para-hydroxylation sites is 3. The van der Waals surface area contributed by atoms with Gasteiger partial charge in [-0.3, -0.25) is 4.79 Å². The number of H-pyrrole nitrogens is 1. The first-order valence-electron chi connectivity index (χ1n) is 11.2. The molecule has 6 heteroatoms. The molecule has 6 rings (SSSR count). The summed E-state index contributed by atoms with van der Waals surface area (Å²) in [4.78, 5) is 30.6. The van der Waals surface area contributed by atoms with Crippen molar-refractivity contribution < 1.29 is 4.79 Å². The lowest BCUT2D eigenvalue weighted by Crippen LogP contribution is -2.35. The van der Waals surface area contributed by atoms with Gasteiger partial charge < -0.3 is 14.8 Å². The molecule has 33 heavy (non-hydrogen) atoms. The number of hydrogen-bond donors (Lipinski definition) is 1. The zero-order chi connectivity index (χ0) is 22.2. The molecule has 0 atom stereocenters. The molecule has 0 saturated carbocycles. The van der Waals surface area contributed by atoms with Crippen molar-refractivity contribution in [3.63, 3.8) is 0 Å². The number of aromatic amines is 1. The van der Waals surface area contributed by atoms with E-state index >= 15 is 0 Å². The fourth-order valence-corrected chi connectivity index (χ4v) is 4.74. The van der Waals surface area contributed by atoms with Crippen molar-refractivity contribution in [3.05, 3.63) is 102 Å². The molecule has 0 fully saturated rings. The third-order valence-electron chi connectivity index (χ3n) is 6.33. The molecule has 1 aliphatic rings. The number of rotatable bonds is 3. The van der Waals surface area contributed by atoms with E-state index in [1.807, 2.05) is 65.7 Å². The first-order chi connectivity index (χ1) is 16.3. The molecule has 1 aliphatic heterocycles. The highest BCUT2D eigenvalue weighted by Crippen LogP contribution is 2.30. The predicted molar refractivity (Wildman–Crippen MR) is 130 cm³/mol. The number of nitrogens with one attached hydrogen (secondary N) is 1. The second kappa shape index (κ2) is 8.06. The third kappa shape index (κ3) is 3.49. The van der Waals surface area contributed by atoms with Crippen molar-refractivity contribution in [1.82, 2.24) is 19.9 Å². The lowest BCUT2D eigenvalue weighted by Gasteiger charge is -2.24. The monoisotopic (exact) mass is 433 g/mol. The van der Waals surface area contributed by atoms with Crippen LogP contribution in [0.4, 0.5) is 5.69 Å². The molecule has 3 aromatic carbocycles. The molecule has 0 aliphatic carbocycles. The van der Waals surface area contributed by atoms with Gasteiger partial charge in [0.05, 0.1) is 35.2 Å². The molecule has 5 aromatic rings. The van der Waals surface area contributed by atoms with Gasteiger partial charge in [-0.15, -0.1) is 0 Å². The van der Waals surface area contributed by atoms with E-state index in [-0.39, 0.29) is 5.91 Å². The number of nitrogens with zero attached hydrogens (tertiary/aromatic N) is 4. The van der Waals surface area contributed by atoms with E-state index in [1.54, 1.807) is 6.33 Å². The smallest absolute Gasteiger partial charge is 0.255 e. The number of amides is 1. The number of carbonyl (C=O) groups is 1. The number of imidazole rings is 1. The van der Waals surface area contributed by atoms with Gasteiger partial charge in [0.15, 0.2) is 0 Å². The van der Waals surface area contributed by atoms with E-state index < -0.39 is 0 Å². The summed E-state index contributed by atoms with van der Waals surface area (Å²) in [5.41, 5.74) is 5.69. The van der Waals surface area contributed by atoms with Gasteiger partial charge in [-0.25, -0.2) is 9.97 Å². The summed E-state index contributed by atoms with van der Waals surface area (Å²) in [5, 5.41) is 1.79. The number of pyridine rings is 1. The van der Waals surface area contributed by atoms with Crippen LogP contribution < -0.4 is 4.90 Å². The molecular weight excluding hydrogens is 410 g/mol. The summed E-state index contributed by atoms with van der Waals surface area (Å²) in [6.45, 7) is 2.63. The molecule has 1 N–H and O–H groups in total. The summed E-state index contributed by atoms with van der Waals surface area (Å²) < 4.78 is 0. The Bertz CT molecular complexity index is 1410. The largest absolute Gasteiger partial charge is 0.364 e.